The van der Waals surface area contributed by atoms with Crippen molar-refractivity contribution in [2.75, 3.05) is 19.8 Å². The molecule has 0 radical (unpaired) electrons. The summed E-state index contributed by atoms with van der Waals surface area (Å²) < 4.78 is 17.2. The molecule has 2 atom stereocenters. The topological polar surface area (TPSA) is 77.9 Å². The summed E-state index contributed by atoms with van der Waals surface area (Å²) in [6, 6.07) is 3.44. The molecule has 0 saturated carbocycles. The number of aryl methyl sites for hydroxylation is 1. The Bertz CT molecular complexity index is 539. The number of ether oxygens (including phenoxy) is 3. The fourth-order valence-corrected chi connectivity index (χ4v) is 2.92. The monoisotopic (exact) mass is 293 g/mol. The summed E-state index contributed by atoms with van der Waals surface area (Å²) in [6.45, 7) is 3.66. The first kappa shape index (κ1) is 14.3. The van der Waals surface area contributed by atoms with Gasteiger partial charge >= 0.3 is 5.97 Å². The largest absolute Gasteiger partial charge is 0.488 e. The van der Waals surface area contributed by atoms with Crippen molar-refractivity contribution < 1.29 is 24.1 Å². The van der Waals surface area contributed by atoms with E-state index in [0.717, 1.165) is 19.3 Å². The minimum absolute atomic E-state index is 0.0294. The number of hydrogen-bond donors (Lipinski definition) is 1. The average molecular weight is 293 g/mol. The van der Waals surface area contributed by atoms with Crippen molar-refractivity contribution in [2.45, 2.75) is 37.9 Å². The number of pyridine rings is 1. The molecule has 1 N–H and O–H groups in total. The van der Waals surface area contributed by atoms with E-state index in [1.54, 1.807) is 19.1 Å². The van der Waals surface area contributed by atoms with Gasteiger partial charge in [-0.05, 0) is 19.1 Å². The van der Waals surface area contributed by atoms with Crippen LogP contribution in [0.1, 0.15) is 35.4 Å². The van der Waals surface area contributed by atoms with Gasteiger partial charge in [0.15, 0.2) is 11.4 Å². The Hall–Kier alpha value is -1.66. The van der Waals surface area contributed by atoms with E-state index in [4.69, 9.17) is 14.2 Å². The summed E-state index contributed by atoms with van der Waals surface area (Å²) in [7, 11) is 0. The zero-order valence-corrected chi connectivity index (χ0v) is 12.0. The predicted molar refractivity (Wildman–Crippen MR) is 73.7 cm³/mol. The van der Waals surface area contributed by atoms with Crippen LogP contribution in [0, 0.1) is 6.92 Å². The first-order valence-electron chi connectivity index (χ1n) is 7.17. The predicted octanol–water partition coefficient (Wildman–Crippen LogP) is 1.81. The van der Waals surface area contributed by atoms with E-state index in [-0.39, 0.29) is 17.4 Å². The van der Waals surface area contributed by atoms with Crippen LogP contribution in [-0.4, -0.2) is 47.6 Å². The van der Waals surface area contributed by atoms with Gasteiger partial charge in [-0.1, -0.05) is 0 Å². The number of nitrogens with zero attached hydrogens (tertiary/aromatic N) is 1. The standard InChI is InChI=1S/C15H19NO5/c1-10-2-3-12(13(16-10)14(17)18)21-11-4-6-20-15(8-11)5-7-19-9-15/h2-3,11H,4-9H2,1H3,(H,17,18). The van der Waals surface area contributed by atoms with E-state index >= 15 is 0 Å². The maximum Gasteiger partial charge on any atom is 0.358 e. The van der Waals surface area contributed by atoms with E-state index in [9.17, 15) is 9.90 Å². The quantitative estimate of drug-likeness (QED) is 0.915. The van der Waals surface area contributed by atoms with Crippen molar-refractivity contribution in [3.05, 3.63) is 23.5 Å². The Morgan fingerprint density at radius 3 is 3.05 bits per heavy atom. The highest BCUT2D eigenvalue weighted by Crippen LogP contribution is 2.34. The molecule has 3 rings (SSSR count). The molecule has 1 aromatic heterocycles. The zero-order chi connectivity index (χ0) is 14.9. The van der Waals surface area contributed by atoms with Gasteiger partial charge in [-0.3, -0.25) is 0 Å². The molecule has 114 valence electrons. The fraction of sp³-hybridized carbons (Fsp3) is 0.600. The Morgan fingerprint density at radius 1 is 1.48 bits per heavy atom. The van der Waals surface area contributed by atoms with Gasteiger partial charge in [-0.15, -0.1) is 0 Å². The Labute approximate surface area is 123 Å². The Kier molecular flexibility index (Phi) is 3.82. The molecule has 0 amide bonds. The molecule has 6 nitrogen and oxygen atoms in total. The van der Waals surface area contributed by atoms with E-state index < -0.39 is 5.97 Å². The lowest BCUT2D eigenvalue weighted by atomic mass is 9.91. The van der Waals surface area contributed by atoms with E-state index in [0.29, 0.717) is 31.3 Å². The second-order valence-electron chi connectivity index (χ2n) is 5.67. The van der Waals surface area contributed by atoms with Crippen molar-refractivity contribution >= 4 is 5.97 Å². The minimum atomic E-state index is -1.07. The van der Waals surface area contributed by atoms with Crippen LogP contribution in [0.5, 0.6) is 5.75 Å². The molecule has 2 fully saturated rings. The van der Waals surface area contributed by atoms with Gasteiger partial charge in [0.1, 0.15) is 6.10 Å². The van der Waals surface area contributed by atoms with Gasteiger partial charge in [0.2, 0.25) is 0 Å². The number of rotatable bonds is 3. The highest BCUT2D eigenvalue weighted by atomic mass is 16.6. The highest BCUT2D eigenvalue weighted by molar-refractivity contribution is 5.88. The molecular formula is C15H19NO5. The summed E-state index contributed by atoms with van der Waals surface area (Å²) in [5.41, 5.74) is 0.371. The Morgan fingerprint density at radius 2 is 2.33 bits per heavy atom. The fourth-order valence-electron chi connectivity index (χ4n) is 2.92. The molecule has 1 spiro atoms. The van der Waals surface area contributed by atoms with Crippen LogP contribution < -0.4 is 4.74 Å². The lowest BCUT2D eigenvalue weighted by Gasteiger charge is -2.37. The third-order valence-electron chi connectivity index (χ3n) is 4.01. The molecule has 0 aromatic carbocycles. The number of aromatic carboxylic acids is 1. The summed E-state index contributed by atoms with van der Waals surface area (Å²) in [5, 5.41) is 9.24. The number of carboxylic acids is 1. The van der Waals surface area contributed by atoms with Crippen molar-refractivity contribution in [3.8, 4) is 5.75 Å². The molecule has 0 aliphatic carbocycles. The average Bonchev–Trinajstić information content (AvgIpc) is 2.88. The van der Waals surface area contributed by atoms with Crippen LogP contribution in [-0.2, 0) is 9.47 Å². The van der Waals surface area contributed by atoms with E-state index in [2.05, 4.69) is 4.98 Å². The second kappa shape index (κ2) is 5.61. The first-order valence-corrected chi connectivity index (χ1v) is 7.17. The molecule has 2 aliphatic rings. The lowest BCUT2D eigenvalue weighted by Crippen LogP contribution is -2.44. The Balaban J connectivity index is 1.75. The molecule has 2 unspecified atom stereocenters. The molecule has 1 aromatic rings. The second-order valence-corrected chi connectivity index (χ2v) is 5.67. The normalized spacial score (nSPS) is 28.7. The molecule has 2 saturated heterocycles. The van der Waals surface area contributed by atoms with Crippen LogP contribution in [0.25, 0.3) is 0 Å². The van der Waals surface area contributed by atoms with Gasteiger partial charge in [0.05, 0.1) is 18.8 Å². The number of carbonyl (C=O) groups is 1. The molecular weight excluding hydrogens is 274 g/mol. The van der Waals surface area contributed by atoms with Crippen LogP contribution >= 0.6 is 0 Å². The third kappa shape index (κ3) is 3.01. The molecule has 2 aliphatic heterocycles. The molecule has 0 bridgehead atoms. The summed E-state index contributed by atoms with van der Waals surface area (Å²) in [5.74, 6) is -0.742. The molecule has 3 heterocycles. The van der Waals surface area contributed by atoms with Gasteiger partial charge < -0.3 is 19.3 Å². The maximum absolute atomic E-state index is 11.3. The first-order chi connectivity index (χ1) is 10.1. The van der Waals surface area contributed by atoms with Crippen LogP contribution in [0.2, 0.25) is 0 Å². The third-order valence-corrected chi connectivity index (χ3v) is 4.01. The number of aromatic nitrogens is 1. The van der Waals surface area contributed by atoms with Crippen LogP contribution in [0.4, 0.5) is 0 Å². The van der Waals surface area contributed by atoms with Gasteiger partial charge in [-0.2, -0.15) is 0 Å². The highest BCUT2D eigenvalue weighted by Gasteiger charge is 2.42. The van der Waals surface area contributed by atoms with Gasteiger partial charge in [-0.25, -0.2) is 9.78 Å². The smallest absolute Gasteiger partial charge is 0.358 e. The molecule has 21 heavy (non-hydrogen) atoms. The van der Waals surface area contributed by atoms with E-state index in [1.807, 2.05) is 0 Å². The van der Waals surface area contributed by atoms with Crippen molar-refractivity contribution in [3.63, 3.8) is 0 Å². The minimum Gasteiger partial charge on any atom is -0.488 e. The van der Waals surface area contributed by atoms with Crippen molar-refractivity contribution in [2.24, 2.45) is 0 Å². The zero-order valence-electron chi connectivity index (χ0n) is 12.0. The van der Waals surface area contributed by atoms with Gasteiger partial charge in [0, 0.05) is 31.6 Å². The van der Waals surface area contributed by atoms with Crippen molar-refractivity contribution in [1.82, 2.24) is 4.98 Å². The molecule has 6 heteroatoms. The number of hydrogen-bond acceptors (Lipinski definition) is 5. The summed E-state index contributed by atoms with van der Waals surface area (Å²) >= 11 is 0. The number of carboxylic acid groups (broad SMARTS) is 1. The SMILES string of the molecule is Cc1ccc(OC2CCOC3(CCOC3)C2)c(C(=O)O)n1. The van der Waals surface area contributed by atoms with Crippen molar-refractivity contribution in [1.29, 1.82) is 0 Å². The lowest BCUT2D eigenvalue weighted by molar-refractivity contribution is -0.112. The summed E-state index contributed by atoms with van der Waals surface area (Å²) in [6.07, 6.45) is 2.27. The summed E-state index contributed by atoms with van der Waals surface area (Å²) in [4.78, 5) is 15.3. The van der Waals surface area contributed by atoms with E-state index in [1.165, 1.54) is 0 Å². The van der Waals surface area contributed by atoms with Crippen LogP contribution in [0.3, 0.4) is 0 Å². The van der Waals surface area contributed by atoms with Gasteiger partial charge in [0.25, 0.3) is 0 Å². The van der Waals surface area contributed by atoms with Crippen LogP contribution in [0.15, 0.2) is 12.1 Å². The maximum atomic E-state index is 11.3.